The van der Waals surface area contributed by atoms with Gasteiger partial charge in [-0.25, -0.2) is 24.9 Å². The van der Waals surface area contributed by atoms with Crippen LogP contribution in [0.3, 0.4) is 0 Å². The lowest BCUT2D eigenvalue weighted by atomic mass is 10.00. The van der Waals surface area contributed by atoms with E-state index in [4.69, 9.17) is 29.4 Å². The summed E-state index contributed by atoms with van der Waals surface area (Å²) in [5.74, 6) is 3.19. The van der Waals surface area contributed by atoms with Crippen molar-refractivity contribution in [3.63, 3.8) is 0 Å². The molecule has 1 aliphatic rings. The number of rotatable bonds is 6. The molecule has 0 bridgehead atoms. The molecule has 7 nitrogen and oxygen atoms in total. The van der Waals surface area contributed by atoms with E-state index in [1.807, 2.05) is 121 Å². The lowest BCUT2D eigenvalue weighted by molar-refractivity contribution is 0.667. The molecule has 0 amide bonds. The highest BCUT2D eigenvalue weighted by atomic mass is 16.3. The van der Waals surface area contributed by atoms with Crippen molar-refractivity contribution in [3.8, 4) is 34.2 Å². The number of furan rings is 1. The number of nitrogens with zero attached hydrogens (tertiary/aromatic N) is 5. The maximum atomic E-state index is 6.52. The smallest absolute Gasteiger partial charge is 0.170 e. The summed E-state index contributed by atoms with van der Waals surface area (Å²) in [6.07, 6.45) is -0.584. The quantitative estimate of drug-likeness (QED) is 0.197. The van der Waals surface area contributed by atoms with Gasteiger partial charge >= 0.3 is 0 Å². The summed E-state index contributed by atoms with van der Waals surface area (Å²) in [6, 6.07) is 52.4. The van der Waals surface area contributed by atoms with Crippen molar-refractivity contribution in [2.24, 2.45) is 9.98 Å². The number of para-hydroxylation sites is 1. The number of aliphatic imine (C=N–C) groups is 2. The van der Waals surface area contributed by atoms with E-state index in [0.29, 0.717) is 23.1 Å². The molecule has 0 fully saturated rings. The first-order chi connectivity index (χ1) is 24.3. The van der Waals surface area contributed by atoms with Gasteiger partial charge in [0.15, 0.2) is 23.6 Å². The number of benzene rings is 6. The highest BCUT2D eigenvalue weighted by molar-refractivity contribution is 6.16. The minimum atomic E-state index is -0.584. The Kier molecular flexibility index (Phi) is 7.05. The molecule has 0 spiro atoms. The van der Waals surface area contributed by atoms with Gasteiger partial charge in [0, 0.05) is 44.2 Å². The van der Waals surface area contributed by atoms with Crippen molar-refractivity contribution in [3.05, 3.63) is 174 Å². The van der Waals surface area contributed by atoms with Crippen LogP contribution in [0.5, 0.6) is 0 Å². The van der Waals surface area contributed by atoms with Crippen LogP contribution in [0.4, 0.5) is 0 Å². The second-order valence-electron chi connectivity index (χ2n) is 11.8. The van der Waals surface area contributed by atoms with Gasteiger partial charge in [-0.1, -0.05) is 140 Å². The van der Waals surface area contributed by atoms with Crippen molar-refractivity contribution in [2.45, 2.75) is 6.17 Å². The number of nitrogens with one attached hydrogen (secondary N) is 1. The van der Waals surface area contributed by atoms with Gasteiger partial charge < -0.3 is 9.73 Å². The highest BCUT2D eigenvalue weighted by Crippen LogP contribution is 2.40. The first-order valence-corrected chi connectivity index (χ1v) is 16.1. The van der Waals surface area contributed by atoms with Gasteiger partial charge in [-0.3, -0.25) is 0 Å². The molecule has 1 N–H and O–H groups in total. The predicted molar refractivity (Wildman–Crippen MR) is 195 cm³/mol. The third-order valence-corrected chi connectivity index (χ3v) is 8.58. The Morgan fingerprint density at radius 1 is 0.429 bits per heavy atom. The second kappa shape index (κ2) is 12.1. The minimum absolute atomic E-state index is 0.532. The van der Waals surface area contributed by atoms with E-state index in [1.165, 1.54) is 0 Å². The second-order valence-corrected chi connectivity index (χ2v) is 11.8. The van der Waals surface area contributed by atoms with Crippen molar-refractivity contribution >= 4 is 33.6 Å². The van der Waals surface area contributed by atoms with Crippen LogP contribution in [0.2, 0.25) is 0 Å². The zero-order valence-electron chi connectivity index (χ0n) is 26.2. The third-order valence-electron chi connectivity index (χ3n) is 8.58. The first-order valence-electron chi connectivity index (χ1n) is 16.1. The fourth-order valence-electron chi connectivity index (χ4n) is 6.23. The summed E-state index contributed by atoms with van der Waals surface area (Å²) >= 11 is 0. The van der Waals surface area contributed by atoms with E-state index in [9.17, 15) is 0 Å². The molecular formula is C42H28N6O. The van der Waals surface area contributed by atoms with Crippen LogP contribution in [0.25, 0.3) is 56.1 Å². The number of aromatic nitrogens is 3. The van der Waals surface area contributed by atoms with Crippen molar-refractivity contribution in [1.29, 1.82) is 0 Å². The average molecular weight is 633 g/mol. The number of hydrogen-bond donors (Lipinski definition) is 1. The zero-order valence-corrected chi connectivity index (χ0v) is 26.2. The van der Waals surface area contributed by atoms with Gasteiger partial charge in [-0.15, -0.1) is 0 Å². The van der Waals surface area contributed by atoms with Crippen molar-refractivity contribution in [1.82, 2.24) is 20.3 Å². The average Bonchev–Trinajstić information content (AvgIpc) is 3.57. The van der Waals surface area contributed by atoms with Gasteiger partial charge in [0.05, 0.1) is 0 Å². The van der Waals surface area contributed by atoms with Crippen LogP contribution in [0.15, 0.2) is 172 Å². The molecule has 232 valence electrons. The maximum Gasteiger partial charge on any atom is 0.170 e. The molecule has 0 radical (unpaired) electrons. The summed E-state index contributed by atoms with van der Waals surface area (Å²) in [6.45, 7) is 0. The Labute approximate surface area is 282 Å². The molecule has 2 aromatic heterocycles. The predicted octanol–water partition coefficient (Wildman–Crippen LogP) is 9.27. The van der Waals surface area contributed by atoms with Crippen LogP contribution >= 0.6 is 0 Å². The molecule has 49 heavy (non-hydrogen) atoms. The monoisotopic (exact) mass is 632 g/mol. The Bertz CT molecular complexity index is 2400. The summed E-state index contributed by atoms with van der Waals surface area (Å²) < 4.78 is 6.52. The highest BCUT2D eigenvalue weighted by Gasteiger charge is 2.26. The normalized spacial score (nSPS) is 13.2. The Morgan fingerprint density at radius 3 is 1.41 bits per heavy atom. The number of fused-ring (bicyclic) bond motifs is 3. The van der Waals surface area contributed by atoms with E-state index in [2.05, 4.69) is 41.7 Å². The topological polar surface area (TPSA) is 88.6 Å². The summed E-state index contributed by atoms with van der Waals surface area (Å²) in [7, 11) is 0. The van der Waals surface area contributed by atoms with Crippen LogP contribution in [-0.2, 0) is 0 Å². The molecule has 0 aliphatic carbocycles. The SMILES string of the molecule is c1ccc(C2=NC(c3cc(-c4nc(-c5ccccc5)nc(-c5ccccc5)n4)cc4oc5ccccc5c34)N=C(c3ccccc3)N2)cc1. The van der Waals surface area contributed by atoms with E-state index < -0.39 is 6.17 Å². The third kappa shape index (κ3) is 5.43. The maximum absolute atomic E-state index is 6.52. The molecule has 0 saturated heterocycles. The van der Waals surface area contributed by atoms with Crippen molar-refractivity contribution in [2.75, 3.05) is 0 Å². The number of hydrogen-bond acceptors (Lipinski definition) is 7. The largest absolute Gasteiger partial charge is 0.456 e. The van der Waals surface area contributed by atoms with Gasteiger partial charge in [0.2, 0.25) is 0 Å². The fourth-order valence-corrected chi connectivity index (χ4v) is 6.23. The van der Waals surface area contributed by atoms with Gasteiger partial charge in [0.25, 0.3) is 0 Å². The first kappa shape index (κ1) is 28.5. The Hall–Kier alpha value is -6.73. The van der Waals surface area contributed by atoms with Gasteiger partial charge in [0.1, 0.15) is 22.8 Å². The van der Waals surface area contributed by atoms with E-state index in [0.717, 1.165) is 61.4 Å². The minimum Gasteiger partial charge on any atom is -0.456 e. The van der Waals surface area contributed by atoms with Crippen LogP contribution in [0, 0.1) is 0 Å². The van der Waals surface area contributed by atoms with E-state index >= 15 is 0 Å². The molecule has 3 heterocycles. The summed E-state index contributed by atoms with van der Waals surface area (Å²) in [5.41, 5.74) is 6.92. The van der Waals surface area contributed by atoms with Crippen molar-refractivity contribution < 1.29 is 4.42 Å². The molecule has 7 heteroatoms. The molecule has 9 rings (SSSR count). The van der Waals surface area contributed by atoms with Gasteiger partial charge in [-0.2, -0.15) is 0 Å². The molecule has 0 atom stereocenters. The Morgan fingerprint density at radius 2 is 0.878 bits per heavy atom. The molecule has 1 aliphatic heterocycles. The summed E-state index contributed by atoms with van der Waals surface area (Å²) in [4.78, 5) is 25.4. The number of amidine groups is 2. The van der Waals surface area contributed by atoms with Gasteiger partial charge in [-0.05, 0) is 18.2 Å². The van der Waals surface area contributed by atoms with Crippen LogP contribution in [0.1, 0.15) is 22.9 Å². The molecular weight excluding hydrogens is 605 g/mol. The summed E-state index contributed by atoms with van der Waals surface area (Å²) in [5, 5.41) is 5.46. The Balaban J connectivity index is 1.30. The lowest BCUT2D eigenvalue weighted by Crippen LogP contribution is -2.36. The molecule has 0 unspecified atom stereocenters. The fraction of sp³-hybridized carbons (Fsp3) is 0.0238. The molecule has 8 aromatic rings. The molecule has 0 saturated carbocycles. The van der Waals surface area contributed by atoms with Crippen LogP contribution < -0.4 is 5.32 Å². The standard InChI is InChI=1S/C42H28N6O/c1-5-15-27(16-6-1)37-43-38(28-17-7-2-8-18-28)46-41(45-37)31-25-33(36-32-23-13-14-24-34(32)49-35(36)26-31)42-47-39(29-19-9-3-10-20-29)44-40(48-42)30-21-11-4-12-22-30/h1-26,42H,(H,44,47,48). The zero-order chi connectivity index (χ0) is 32.6. The lowest BCUT2D eigenvalue weighted by Gasteiger charge is -2.23. The van der Waals surface area contributed by atoms with E-state index in [1.54, 1.807) is 0 Å². The van der Waals surface area contributed by atoms with E-state index in [-0.39, 0.29) is 0 Å². The van der Waals surface area contributed by atoms with Crippen LogP contribution in [-0.4, -0.2) is 26.6 Å². The molecule has 6 aromatic carbocycles.